The van der Waals surface area contributed by atoms with Crippen LogP contribution in [0.3, 0.4) is 0 Å². The van der Waals surface area contributed by atoms with Gasteiger partial charge in [-0.05, 0) is 49.3 Å². The third-order valence-electron chi connectivity index (χ3n) is 7.01. The predicted octanol–water partition coefficient (Wildman–Crippen LogP) is 3.80. The minimum absolute atomic E-state index is 0.155. The first kappa shape index (κ1) is 26.1. The van der Waals surface area contributed by atoms with Gasteiger partial charge in [0.2, 0.25) is 0 Å². The molecule has 5 rings (SSSR count). The number of carbonyl (C=O) groups is 4. The van der Waals surface area contributed by atoms with Crippen LogP contribution in [0.25, 0.3) is 10.9 Å². The van der Waals surface area contributed by atoms with E-state index in [1.807, 2.05) is 0 Å². The molecular weight excluding hydrogens is 504 g/mol. The lowest BCUT2D eigenvalue weighted by Gasteiger charge is -2.26. The monoisotopic (exact) mass is 536 g/mol. The van der Waals surface area contributed by atoms with E-state index in [1.165, 1.54) is 22.1 Å². The Morgan fingerprint density at radius 3 is 2.58 bits per heavy atom. The molecule has 2 aliphatic rings. The second-order valence-corrected chi connectivity index (χ2v) is 11.4. The molecule has 0 unspecified atom stereocenters. The first-order valence-electron chi connectivity index (χ1n) is 13.0. The molecule has 2 fully saturated rings. The van der Waals surface area contributed by atoms with Gasteiger partial charge in [0.05, 0.1) is 11.6 Å². The third-order valence-corrected chi connectivity index (χ3v) is 7.89. The smallest absolute Gasteiger partial charge is 0.340 e. The largest absolute Gasteiger partial charge is 0.345 e. The average molecular weight is 537 g/mol. The summed E-state index contributed by atoms with van der Waals surface area (Å²) in [6, 6.07) is 5.49. The normalized spacial score (nSPS) is 15.9. The number of amides is 3. The number of carbonyl (C=O) groups excluding carboxylic acids is 4. The molecule has 0 radical (unpaired) electrons. The Bertz CT molecular complexity index is 1370. The number of anilines is 1. The number of fused-ring (bicyclic) bond motifs is 1. The minimum atomic E-state index is -0.910. The lowest BCUT2D eigenvalue weighted by molar-refractivity contribution is -0.111. The van der Waals surface area contributed by atoms with Crippen LogP contribution in [0.4, 0.5) is 9.93 Å². The highest BCUT2D eigenvalue weighted by Gasteiger charge is 2.38. The van der Waals surface area contributed by atoms with Crippen LogP contribution in [0.1, 0.15) is 66.8 Å². The van der Waals surface area contributed by atoms with Crippen LogP contribution in [0.15, 0.2) is 35.8 Å². The summed E-state index contributed by atoms with van der Waals surface area (Å²) in [5.41, 5.74) is 2.91. The lowest BCUT2D eigenvalue weighted by Crippen LogP contribution is -2.46. The van der Waals surface area contributed by atoms with Crippen LogP contribution in [0.5, 0.6) is 0 Å². The number of nitrogens with two attached hydrogens (primary N) is 1. The number of imide groups is 1. The second kappa shape index (κ2) is 10.7. The number of nitrogens with zero attached hydrogens (tertiary/aromatic N) is 4. The summed E-state index contributed by atoms with van der Waals surface area (Å²) < 4.78 is 1.29. The van der Waals surface area contributed by atoms with Crippen molar-refractivity contribution in [1.82, 2.24) is 19.9 Å². The molecule has 38 heavy (non-hydrogen) atoms. The maximum atomic E-state index is 14.0. The predicted molar refractivity (Wildman–Crippen MR) is 145 cm³/mol. The Kier molecular flexibility index (Phi) is 7.31. The highest BCUT2D eigenvalue weighted by molar-refractivity contribution is 7.14. The van der Waals surface area contributed by atoms with Crippen molar-refractivity contribution < 1.29 is 19.2 Å². The fourth-order valence-corrected chi connectivity index (χ4v) is 5.70. The van der Waals surface area contributed by atoms with Gasteiger partial charge in [-0.3, -0.25) is 24.5 Å². The zero-order chi connectivity index (χ0) is 27.0. The van der Waals surface area contributed by atoms with Crippen LogP contribution >= 0.6 is 11.3 Å². The number of rotatable bonds is 10. The number of thiazole rings is 1. The molecule has 2 aliphatic carbocycles. The van der Waals surface area contributed by atoms with Crippen LogP contribution in [0.2, 0.25) is 0 Å². The SMILES string of the molecule is CC(C)CN(c1nc(C(=O)N(C(=O)c2cccc3c2ccn3C(=O)NN)[C@H](C=O)CC2CC2)cs1)C1CC1. The van der Waals surface area contributed by atoms with Gasteiger partial charge in [0, 0.05) is 35.1 Å². The topological polar surface area (TPSA) is 131 Å². The van der Waals surface area contributed by atoms with Crippen molar-refractivity contribution in [1.29, 1.82) is 0 Å². The molecule has 0 bridgehead atoms. The molecule has 0 aliphatic heterocycles. The first-order chi connectivity index (χ1) is 18.3. The molecule has 2 heterocycles. The van der Waals surface area contributed by atoms with Gasteiger partial charge < -0.3 is 9.69 Å². The Labute approximate surface area is 224 Å². The highest BCUT2D eigenvalue weighted by atomic mass is 32.1. The molecule has 1 aromatic carbocycles. The summed E-state index contributed by atoms with van der Waals surface area (Å²) in [6.45, 7) is 5.13. The zero-order valence-electron chi connectivity index (χ0n) is 21.5. The van der Waals surface area contributed by atoms with E-state index in [1.54, 1.807) is 29.6 Å². The van der Waals surface area contributed by atoms with E-state index in [0.717, 1.165) is 42.3 Å². The Hall–Kier alpha value is -3.57. The van der Waals surface area contributed by atoms with Gasteiger partial charge >= 0.3 is 6.03 Å². The number of hydrazine groups is 1. The van der Waals surface area contributed by atoms with Gasteiger partial charge in [-0.25, -0.2) is 15.6 Å². The van der Waals surface area contributed by atoms with Gasteiger partial charge in [0.15, 0.2) is 5.13 Å². The maximum Gasteiger partial charge on any atom is 0.340 e. The van der Waals surface area contributed by atoms with Gasteiger partial charge in [-0.15, -0.1) is 11.3 Å². The number of aldehydes is 1. The Balaban J connectivity index is 1.51. The maximum absolute atomic E-state index is 14.0. The Morgan fingerprint density at radius 2 is 1.95 bits per heavy atom. The summed E-state index contributed by atoms with van der Waals surface area (Å²) in [6.07, 6.45) is 6.75. The number of hydrogen-bond acceptors (Lipinski definition) is 8. The summed E-state index contributed by atoms with van der Waals surface area (Å²) in [5, 5.41) is 2.91. The van der Waals surface area contributed by atoms with Crippen LogP contribution in [-0.2, 0) is 4.79 Å². The number of hydrogen-bond donors (Lipinski definition) is 2. The van der Waals surface area contributed by atoms with E-state index in [9.17, 15) is 19.2 Å². The van der Waals surface area contributed by atoms with Gasteiger partial charge in [0.25, 0.3) is 11.8 Å². The third kappa shape index (κ3) is 5.21. The molecule has 1 atom stereocenters. The van der Waals surface area contributed by atoms with Crippen molar-refractivity contribution in [3.63, 3.8) is 0 Å². The first-order valence-corrected chi connectivity index (χ1v) is 13.9. The molecule has 2 aromatic heterocycles. The molecule has 2 saturated carbocycles. The van der Waals surface area contributed by atoms with Crippen molar-refractivity contribution in [3.8, 4) is 0 Å². The number of benzene rings is 1. The molecular formula is C27H32N6O4S. The summed E-state index contributed by atoms with van der Waals surface area (Å²) in [7, 11) is 0. The van der Waals surface area contributed by atoms with Crippen molar-refractivity contribution in [2.24, 2.45) is 17.7 Å². The van der Waals surface area contributed by atoms with E-state index >= 15 is 0 Å². The second-order valence-electron chi connectivity index (χ2n) is 10.5. The molecule has 3 aromatic rings. The Morgan fingerprint density at radius 1 is 1.18 bits per heavy atom. The summed E-state index contributed by atoms with van der Waals surface area (Å²) >= 11 is 1.39. The number of nitrogen functional groups attached to an aromatic ring is 1. The molecule has 0 spiro atoms. The number of aromatic nitrogens is 2. The molecule has 0 saturated heterocycles. The average Bonchev–Trinajstić information content (AvgIpc) is 3.83. The van der Waals surface area contributed by atoms with Crippen molar-refractivity contribution >= 4 is 51.5 Å². The molecule has 11 heteroatoms. The molecule has 3 N–H and O–H groups in total. The fourth-order valence-electron chi connectivity index (χ4n) is 4.82. The summed E-state index contributed by atoms with van der Waals surface area (Å²) in [4.78, 5) is 60.3. The van der Waals surface area contributed by atoms with E-state index in [2.05, 4.69) is 29.2 Å². The van der Waals surface area contributed by atoms with Gasteiger partial charge in [0.1, 0.15) is 12.0 Å². The highest BCUT2D eigenvalue weighted by Crippen LogP contribution is 2.37. The molecule has 10 nitrogen and oxygen atoms in total. The zero-order valence-corrected chi connectivity index (χ0v) is 22.3. The van der Waals surface area contributed by atoms with Crippen molar-refractivity contribution in [2.45, 2.75) is 58.0 Å². The van der Waals surface area contributed by atoms with E-state index in [0.29, 0.717) is 41.5 Å². The van der Waals surface area contributed by atoms with Crippen molar-refractivity contribution in [3.05, 3.63) is 47.1 Å². The lowest BCUT2D eigenvalue weighted by atomic mass is 10.0. The summed E-state index contributed by atoms with van der Waals surface area (Å²) in [5.74, 6) is 4.85. The fraction of sp³-hybridized carbons (Fsp3) is 0.444. The molecule has 200 valence electrons. The van der Waals surface area contributed by atoms with E-state index in [-0.39, 0.29) is 11.3 Å². The van der Waals surface area contributed by atoms with E-state index < -0.39 is 23.9 Å². The quantitative estimate of drug-likeness (QED) is 0.132. The van der Waals surface area contributed by atoms with Gasteiger partial charge in [-0.2, -0.15) is 0 Å². The standard InChI is InChI=1S/C27H32N6O4S/c1-16(2)13-32(18-8-9-18)27-29-22(15-38-27)25(36)33(19(14-34)12-17-6-7-17)24(35)21-4-3-5-23-20(21)10-11-31(23)26(37)30-28/h3-5,10-11,14-19H,6-9,12-13,28H2,1-2H3,(H,30,37)/t19-/m0/s1. The van der Waals surface area contributed by atoms with Crippen LogP contribution in [0, 0.1) is 11.8 Å². The van der Waals surface area contributed by atoms with Crippen molar-refractivity contribution in [2.75, 3.05) is 11.4 Å². The minimum Gasteiger partial charge on any atom is -0.345 e. The van der Waals surface area contributed by atoms with Crippen LogP contribution in [-0.4, -0.2) is 57.2 Å². The number of nitrogens with one attached hydrogen (secondary N) is 1. The van der Waals surface area contributed by atoms with E-state index in [4.69, 9.17) is 5.84 Å². The molecule has 3 amide bonds. The van der Waals surface area contributed by atoms with Crippen LogP contribution < -0.4 is 16.2 Å². The van der Waals surface area contributed by atoms with Gasteiger partial charge in [-0.1, -0.05) is 32.8 Å².